The normalized spacial score (nSPS) is 12.7. The average molecular weight is 329 g/mol. The van der Waals surface area contributed by atoms with Crippen molar-refractivity contribution in [2.45, 2.75) is 17.9 Å². The van der Waals surface area contributed by atoms with Crippen molar-refractivity contribution in [3.8, 4) is 11.5 Å². The van der Waals surface area contributed by atoms with Gasteiger partial charge in [-0.1, -0.05) is 24.3 Å². The third kappa shape index (κ3) is 4.66. The van der Waals surface area contributed by atoms with Crippen LogP contribution in [0.1, 0.15) is 12.0 Å². The maximum Gasteiger partial charge on any atom is 0.221 e. The van der Waals surface area contributed by atoms with Crippen LogP contribution in [0.2, 0.25) is 0 Å². The summed E-state index contributed by atoms with van der Waals surface area (Å²) in [4.78, 5) is 13.1. The lowest BCUT2D eigenvalue weighted by molar-refractivity contribution is -0.120. The third-order valence-corrected chi connectivity index (χ3v) is 4.45. The molecule has 0 saturated heterocycles. The molecule has 2 aromatic rings. The van der Waals surface area contributed by atoms with Gasteiger partial charge in [0.05, 0.1) is 0 Å². The number of hydrogen-bond acceptors (Lipinski definition) is 4. The van der Waals surface area contributed by atoms with Crippen LogP contribution < -0.4 is 14.8 Å². The second kappa shape index (κ2) is 7.92. The maximum absolute atomic E-state index is 11.9. The van der Waals surface area contributed by atoms with E-state index in [2.05, 4.69) is 17.4 Å². The molecule has 120 valence electrons. The van der Waals surface area contributed by atoms with E-state index >= 15 is 0 Å². The Morgan fingerprint density at radius 3 is 2.65 bits per heavy atom. The van der Waals surface area contributed by atoms with E-state index in [0.29, 0.717) is 26.2 Å². The fourth-order valence-corrected chi connectivity index (χ4v) is 3.14. The van der Waals surface area contributed by atoms with Crippen LogP contribution in [0.4, 0.5) is 0 Å². The Labute approximate surface area is 140 Å². The fraction of sp³-hybridized carbons (Fsp3) is 0.278. The average Bonchev–Trinajstić information content (AvgIpc) is 2.61. The first-order valence-corrected chi connectivity index (χ1v) is 8.63. The van der Waals surface area contributed by atoms with Crippen LogP contribution in [-0.4, -0.2) is 24.9 Å². The first kappa shape index (κ1) is 15.7. The lowest BCUT2D eigenvalue weighted by Crippen LogP contribution is -2.23. The van der Waals surface area contributed by atoms with E-state index in [-0.39, 0.29) is 5.91 Å². The summed E-state index contributed by atoms with van der Waals surface area (Å²) in [6.07, 6.45) is 0.504. The summed E-state index contributed by atoms with van der Waals surface area (Å²) in [5.41, 5.74) is 1.01. The van der Waals surface area contributed by atoms with E-state index in [1.165, 1.54) is 4.90 Å². The molecule has 0 bridgehead atoms. The molecular formula is C18H19NO3S. The van der Waals surface area contributed by atoms with Gasteiger partial charge in [0.25, 0.3) is 0 Å². The van der Waals surface area contributed by atoms with Gasteiger partial charge in [0.1, 0.15) is 13.2 Å². The standard InChI is InChI=1S/C18H19NO3S/c20-18(8-11-23-15-4-2-1-3-5-15)19-13-14-6-7-16-17(12-14)22-10-9-21-16/h1-7,12H,8-11,13H2,(H,19,20). The van der Waals surface area contributed by atoms with Crippen molar-refractivity contribution in [1.82, 2.24) is 5.32 Å². The number of hydrogen-bond donors (Lipinski definition) is 1. The summed E-state index contributed by atoms with van der Waals surface area (Å²) in [6.45, 7) is 1.66. The second-order valence-corrected chi connectivity index (χ2v) is 6.33. The zero-order valence-corrected chi connectivity index (χ0v) is 13.6. The molecule has 1 N–H and O–H groups in total. The van der Waals surface area contributed by atoms with Crippen molar-refractivity contribution in [3.63, 3.8) is 0 Å². The minimum Gasteiger partial charge on any atom is -0.486 e. The summed E-state index contributed by atoms with van der Waals surface area (Å²) in [7, 11) is 0. The summed E-state index contributed by atoms with van der Waals surface area (Å²) >= 11 is 1.69. The smallest absolute Gasteiger partial charge is 0.221 e. The largest absolute Gasteiger partial charge is 0.486 e. The van der Waals surface area contributed by atoms with E-state index in [1.54, 1.807) is 11.8 Å². The third-order valence-electron chi connectivity index (χ3n) is 3.44. The van der Waals surface area contributed by atoms with Crippen molar-refractivity contribution >= 4 is 17.7 Å². The zero-order valence-electron chi connectivity index (χ0n) is 12.8. The number of fused-ring (bicyclic) bond motifs is 1. The summed E-state index contributed by atoms with van der Waals surface area (Å²) in [5.74, 6) is 2.35. The van der Waals surface area contributed by atoms with Gasteiger partial charge >= 0.3 is 0 Å². The van der Waals surface area contributed by atoms with Crippen LogP contribution in [0, 0.1) is 0 Å². The number of thioether (sulfide) groups is 1. The van der Waals surface area contributed by atoms with Crippen molar-refractivity contribution in [1.29, 1.82) is 0 Å². The molecule has 2 aromatic carbocycles. The Morgan fingerprint density at radius 2 is 1.83 bits per heavy atom. The molecule has 0 spiro atoms. The van der Waals surface area contributed by atoms with Crippen LogP contribution in [0.25, 0.3) is 0 Å². The molecule has 1 heterocycles. The molecule has 1 amide bonds. The molecule has 0 saturated carbocycles. The number of carbonyl (C=O) groups excluding carboxylic acids is 1. The van der Waals surface area contributed by atoms with Gasteiger partial charge in [0.2, 0.25) is 5.91 Å². The molecule has 0 atom stereocenters. The first-order valence-electron chi connectivity index (χ1n) is 7.64. The minimum atomic E-state index is 0.0586. The highest BCUT2D eigenvalue weighted by Crippen LogP contribution is 2.30. The highest BCUT2D eigenvalue weighted by atomic mass is 32.2. The van der Waals surface area contributed by atoms with E-state index in [4.69, 9.17) is 9.47 Å². The van der Waals surface area contributed by atoms with Gasteiger partial charge in [-0.15, -0.1) is 11.8 Å². The Hall–Kier alpha value is -2.14. The molecule has 0 radical (unpaired) electrons. The first-order chi connectivity index (χ1) is 11.3. The van der Waals surface area contributed by atoms with Gasteiger partial charge in [0, 0.05) is 23.6 Å². The molecule has 23 heavy (non-hydrogen) atoms. The molecular weight excluding hydrogens is 310 g/mol. The highest BCUT2D eigenvalue weighted by Gasteiger charge is 2.12. The summed E-state index contributed by atoms with van der Waals surface area (Å²) in [5, 5.41) is 2.94. The predicted molar refractivity (Wildman–Crippen MR) is 91.1 cm³/mol. The van der Waals surface area contributed by atoms with Crippen LogP contribution in [-0.2, 0) is 11.3 Å². The van der Waals surface area contributed by atoms with E-state index in [0.717, 1.165) is 22.8 Å². The van der Waals surface area contributed by atoms with Crippen molar-refractivity contribution in [2.24, 2.45) is 0 Å². The number of ether oxygens (including phenoxy) is 2. The fourth-order valence-electron chi connectivity index (χ4n) is 2.27. The summed E-state index contributed by atoms with van der Waals surface area (Å²) in [6, 6.07) is 15.9. The topological polar surface area (TPSA) is 47.6 Å². The summed E-state index contributed by atoms with van der Waals surface area (Å²) < 4.78 is 11.0. The van der Waals surface area contributed by atoms with Crippen LogP contribution in [0.15, 0.2) is 53.4 Å². The van der Waals surface area contributed by atoms with Gasteiger partial charge in [0.15, 0.2) is 11.5 Å². The van der Waals surface area contributed by atoms with Gasteiger partial charge in [-0.3, -0.25) is 4.79 Å². The number of amides is 1. The predicted octanol–water partition coefficient (Wildman–Crippen LogP) is 3.26. The number of rotatable bonds is 6. The Bertz CT molecular complexity index is 661. The number of carbonyl (C=O) groups is 1. The number of benzene rings is 2. The van der Waals surface area contributed by atoms with Crippen LogP contribution in [0.3, 0.4) is 0 Å². The quantitative estimate of drug-likeness (QED) is 0.827. The number of nitrogens with one attached hydrogen (secondary N) is 1. The van der Waals surface area contributed by atoms with Gasteiger partial charge in [-0.25, -0.2) is 0 Å². The van der Waals surface area contributed by atoms with E-state index in [9.17, 15) is 4.79 Å². The van der Waals surface area contributed by atoms with E-state index in [1.807, 2.05) is 36.4 Å². The lowest BCUT2D eigenvalue weighted by Gasteiger charge is -2.19. The van der Waals surface area contributed by atoms with Crippen LogP contribution in [0.5, 0.6) is 11.5 Å². The molecule has 3 rings (SSSR count). The van der Waals surface area contributed by atoms with Crippen LogP contribution >= 0.6 is 11.8 Å². The minimum absolute atomic E-state index is 0.0586. The van der Waals surface area contributed by atoms with Gasteiger partial charge in [-0.05, 0) is 29.8 Å². The monoisotopic (exact) mass is 329 g/mol. The molecule has 0 unspecified atom stereocenters. The lowest BCUT2D eigenvalue weighted by atomic mass is 10.2. The second-order valence-electron chi connectivity index (χ2n) is 5.17. The SMILES string of the molecule is O=C(CCSc1ccccc1)NCc1ccc2c(c1)OCCO2. The molecule has 0 aliphatic carbocycles. The Morgan fingerprint density at radius 1 is 1.04 bits per heavy atom. The molecule has 1 aliphatic rings. The Kier molecular flexibility index (Phi) is 5.42. The van der Waals surface area contributed by atoms with Crippen molar-refractivity contribution in [3.05, 3.63) is 54.1 Å². The van der Waals surface area contributed by atoms with E-state index < -0.39 is 0 Å². The molecule has 0 fully saturated rings. The van der Waals surface area contributed by atoms with Gasteiger partial charge < -0.3 is 14.8 Å². The molecule has 0 aromatic heterocycles. The van der Waals surface area contributed by atoms with Gasteiger partial charge in [-0.2, -0.15) is 0 Å². The highest BCUT2D eigenvalue weighted by molar-refractivity contribution is 7.99. The molecule has 5 heteroatoms. The Balaban J connectivity index is 1.42. The van der Waals surface area contributed by atoms with Crippen molar-refractivity contribution < 1.29 is 14.3 Å². The maximum atomic E-state index is 11.9. The molecule has 1 aliphatic heterocycles. The van der Waals surface area contributed by atoms with Crippen molar-refractivity contribution in [2.75, 3.05) is 19.0 Å². The zero-order chi connectivity index (χ0) is 15.9. The molecule has 4 nitrogen and oxygen atoms in total.